The van der Waals surface area contributed by atoms with Gasteiger partial charge in [-0.3, -0.25) is 0 Å². The van der Waals surface area contributed by atoms with Crippen LogP contribution in [0.3, 0.4) is 0 Å². The first-order valence-electron chi connectivity index (χ1n) is 7.25. The third kappa shape index (κ3) is 2.81. The lowest BCUT2D eigenvalue weighted by atomic mass is 9.91. The van der Waals surface area contributed by atoms with Crippen molar-refractivity contribution in [2.24, 2.45) is 0 Å². The van der Waals surface area contributed by atoms with Crippen LogP contribution in [0.1, 0.15) is 25.7 Å². The van der Waals surface area contributed by atoms with Gasteiger partial charge in [0, 0.05) is 33.5 Å². The standard InChI is InChI=1S/C16H20BrN3/c1-18-11-5-7-12(8-6-11)20-16-14-3-2-4-15(17)13(14)9-10-19-16/h2-4,9-12,18H,5-8H2,1H3,(H,19,20). The van der Waals surface area contributed by atoms with E-state index in [9.17, 15) is 0 Å². The highest BCUT2D eigenvalue weighted by atomic mass is 79.9. The minimum absolute atomic E-state index is 0.539. The largest absolute Gasteiger partial charge is 0.367 e. The molecular weight excluding hydrogens is 314 g/mol. The molecule has 2 aromatic rings. The lowest BCUT2D eigenvalue weighted by Crippen LogP contribution is -2.35. The lowest BCUT2D eigenvalue weighted by Gasteiger charge is -2.29. The second-order valence-corrected chi connectivity index (χ2v) is 6.33. The molecule has 1 aromatic carbocycles. The minimum Gasteiger partial charge on any atom is -0.367 e. The normalized spacial score (nSPS) is 22.9. The number of hydrogen-bond donors (Lipinski definition) is 2. The van der Waals surface area contributed by atoms with Gasteiger partial charge in [-0.25, -0.2) is 4.98 Å². The molecule has 1 saturated carbocycles. The van der Waals surface area contributed by atoms with Crippen molar-refractivity contribution in [1.82, 2.24) is 10.3 Å². The first kappa shape index (κ1) is 13.8. The zero-order valence-electron chi connectivity index (χ0n) is 11.7. The van der Waals surface area contributed by atoms with Gasteiger partial charge in [-0.1, -0.05) is 28.1 Å². The summed E-state index contributed by atoms with van der Waals surface area (Å²) in [4.78, 5) is 4.53. The number of anilines is 1. The Morgan fingerprint density at radius 1 is 1.05 bits per heavy atom. The van der Waals surface area contributed by atoms with E-state index in [1.165, 1.54) is 36.5 Å². The van der Waals surface area contributed by atoms with E-state index in [0.29, 0.717) is 12.1 Å². The van der Waals surface area contributed by atoms with E-state index in [1.807, 2.05) is 6.20 Å². The first-order valence-corrected chi connectivity index (χ1v) is 8.04. The molecule has 0 spiro atoms. The van der Waals surface area contributed by atoms with Gasteiger partial charge in [-0.05, 0) is 44.9 Å². The zero-order valence-corrected chi connectivity index (χ0v) is 13.3. The second-order valence-electron chi connectivity index (χ2n) is 5.48. The fourth-order valence-electron chi connectivity index (χ4n) is 3.00. The Kier molecular flexibility index (Phi) is 4.22. The summed E-state index contributed by atoms with van der Waals surface area (Å²) in [5.41, 5.74) is 0. The number of fused-ring (bicyclic) bond motifs is 1. The average Bonchev–Trinajstić information content (AvgIpc) is 2.49. The van der Waals surface area contributed by atoms with Crippen molar-refractivity contribution in [3.05, 3.63) is 34.9 Å². The maximum atomic E-state index is 4.53. The van der Waals surface area contributed by atoms with Crippen LogP contribution >= 0.6 is 15.9 Å². The number of nitrogens with zero attached hydrogens (tertiary/aromatic N) is 1. The van der Waals surface area contributed by atoms with Crippen LogP contribution in [0, 0.1) is 0 Å². The maximum Gasteiger partial charge on any atom is 0.134 e. The fourth-order valence-corrected chi connectivity index (χ4v) is 3.50. The number of pyridine rings is 1. The van der Waals surface area contributed by atoms with Crippen molar-refractivity contribution in [3.63, 3.8) is 0 Å². The molecule has 1 aromatic heterocycles. The lowest BCUT2D eigenvalue weighted by molar-refractivity contribution is 0.371. The smallest absolute Gasteiger partial charge is 0.134 e. The molecule has 1 fully saturated rings. The molecule has 4 heteroatoms. The summed E-state index contributed by atoms with van der Waals surface area (Å²) in [5, 5.41) is 9.42. The summed E-state index contributed by atoms with van der Waals surface area (Å²) in [5.74, 6) is 1.01. The summed E-state index contributed by atoms with van der Waals surface area (Å²) in [6.07, 6.45) is 6.77. The highest BCUT2D eigenvalue weighted by molar-refractivity contribution is 9.10. The van der Waals surface area contributed by atoms with Crippen molar-refractivity contribution in [2.75, 3.05) is 12.4 Å². The summed E-state index contributed by atoms with van der Waals surface area (Å²) < 4.78 is 1.12. The molecule has 0 bridgehead atoms. The van der Waals surface area contributed by atoms with Crippen molar-refractivity contribution >= 4 is 32.5 Å². The van der Waals surface area contributed by atoms with Gasteiger partial charge in [0.2, 0.25) is 0 Å². The Morgan fingerprint density at radius 2 is 1.80 bits per heavy atom. The molecule has 2 N–H and O–H groups in total. The third-order valence-corrected chi connectivity index (χ3v) is 4.92. The van der Waals surface area contributed by atoms with E-state index >= 15 is 0 Å². The predicted octanol–water partition coefficient (Wildman–Crippen LogP) is 3.94. The molecule has 0 unspecified atom stereocenters. The molecule has 0 saturated heterocycles. The SMILES string of the molecule is CNC1CCC(Nc2nccc3c(Br)cccc23)CC1. The Balaban J connectivity index is 1.80. The van der Waals surface area contributed by atoms with Crippen molar-refractivity contribution in [3.8, 4) is 0 Å². The molecule has 106 valence electrons. The van der Waals surface area contributed by atoms with Crippen LogP contribution in [0.5, 0.6) is 0 Å². The monoisotopic (exact) mass is 333 g/mol. The van der Waals surface area contributed by atoms with Crippen LogP contribution in [0.15, 0.2) is 34.9 Å². The number of hydrogen-bond acceptors (Lipinski definition) is 3. The minimum atomic E-state index is 0.539. The molecule has 0 radical (unpaired) electrons. The number of benzene rings is 1. The molecule has 3 nitrogen and oxygen atoms in total. The van der Waals surface area contributed by atoms with Crippen LogP contribution in [0.2, 0.25) is 0 Å². The van der Waals surface area contributed by atoms with Crippen LogP contribution in [-0.2, 0) is 0 Å². The Labute approximate surface area is 128 Å². The zero-order chi connectivity index (χ0) is 13.9. The van der Waals surface area contributed by atoms with Gasteiger partial charge in [0.15, 0.2) is 0 Å². The van der Waals surface area contributed by atoms with E-state index in [1.54, 1.807) is 0 Å². The number of aromatic nitrogens is 1. The van der Waals surface area contributed by atoms with Gasteiger partial charge < -0.3 is 10.6 Å². The molecule has 0 amide bonds. The predicted molar refractivity (Wildman–Crippen MR) is 88.2 cm³/mol. The van der Waals surface area contributed by atoms with Gasteiger partial charge in [0.25, 0.3) is 0 Å². The van der Waals surface area contributed by atoms with Gasteiger partial charge in [0.05, 0.1) is 0 Å². The van der Waals surface area contributed by atoms with Crippen LogP contribution in [0.25, 0.3) is 10.8 Å². The van der Waals surface area contributed by atoms with Gasteiger partial charge >= 0.3 is 0 Å². The Hall–Kier alpha value is -1.13. The molecular formula is C16H20BrN3. The van der Waals surface area contributed by atoms with Gasteiger partial charge in [0.1, 0.15) is 5.82 Å². The molecule has 3 rings (SSSR count). The molecule has 1 aliphatic carbocycles. The van der Waals surface area contributed by atoms with Gasteiger partial charge in [-0.15, -0.1) is 0 Å². The Bertz CT molecular complexity index is 591. The summed E-state index contributed by atoms with van der Waals surface area (Å²) >= 11 is 3.61. The van der Waals surface area contributed by atoms with E-state index in [4.69, 9.17) is 0 Å². The van der Waals surface area contributed by atoms with Crippen LogP contribution in [-0.4, -0.2) is 24.1 Å². The topological polar surface area (TPSA) is 37.0 Å². The molecule has 20 heavy (non-hydrogen) atoms. The summed E-state index contributed by atoms with van der Waals surface area (Å²) in [6, 6.07) is 9.55. The fraction of sp³-hybridized carbons (Fsp3) is 0.438. The summed E-state index contributed by atoms with van der Waals surface area (Å²) in [6.45, 7) is 0. The van der Waals surface area contributed by atoms with Gasteiger partial charge in [-0.2, -0.15) is 0 Å². The van der Waals surface area contributed by atoms with E-state index in [-0.39, 0.29) is 0 Å². The van der Waals surface area contributed by atoms with Crippen molar-refractivity contribution in [1.29, 1.82) is 0 Å². The molecule has 1 heterocycles. The maximum absolute atomic E-state index is 4.53. The van der Waals surface area contributed by atoms with E-state index in [2.05, 4.69) is 62.9 Å². The second kappa shape index (κ2) is 6.10. The quantitative estimate of drug-likeness (QED) is 0.893. The number of halogens is 1. The van der Waals surface area contributed by atoms with Crippen molar-refractivity contribution in [2.45, 2.75) is 37.8 Å². The highest BCUT2D eigenvalue weighted by Crippen LogP contribution is 2.29. The molecule has 0 aliphatic heterocycles. The van der Waals surface area contributed by atoms with Crippen molar-refractivity contribution < 1.29 is 0 Å². The number of rotatable bonds is 3. The van der Waals surface area contributed by atoms with Crippen LogP contribution in [0.4, 0.5) is 5.82 Å². The Morgan fingerprint density at radius 3 is 2.55 bits per heavy atom. The number of nitrogens with one attached hydrogen (secondary N) is 2. The first-order chi connectivity index (χ1) is 9.78. The summed E-state index contributed by atoms with van der Waals surface area (Å²) in [7, 11) is 2.06. The van der Waals surface area contributed by atoms with E-state index < -0.39 is 0 Å². The third-order valence-electron chi connectivity index (χ3n) is 4.23. The molecule has 0 atom stereocenters. The highest BCUT2D eigenvalue weighted by Gasteiger charge is 2.20. The molecule has 1 aliphatic rings. The average molecular weight is 334 g/mol. The van der Waals surface area contributed by atoms with Crippen LogP contribution < -0.4 is 10.6 Å². The van der Waals surface area contributed by atoms with E-state index in [0.717, 1.165) is 10.3 Å².